The van der Waals surface area contributed by atoms with Gasteiger partial charge in [-0.3, -0.25) is 14.4 Å². The number of nitrogens with one attached hydrogen (secondary N) is 1. The van der Waals surface area contributed by atoms with Gasteiger partial charge in [-0.2, -0.15) is 0 Å². The number of benzene rings is 2. The first-order valence-electron chi connectivity index (χ1n) is 11.0. The van der Waals surface area contributed by atoms with Crippen molar-refractivity contribution in [1.82, 2.24) is 10.2 Å². The zero-order valence-electron chi connectivity index (χ0n) is 18.0. The Kier molecular flexibility index (Phi) is 6.07. The van der Waals surface area contributed by atoms with Crippen molar-refractivity contribution in [2.45, 2.75) is 31.0 Å². The molecular weight excluding hydrogens is 436 g/mol. The van der Waals surface area contributed by atoms with E-state index >= 15 is 0 Å². The summed E-state index contributed by atoms with van der Waals surface area (Å²) < 4.78 is 5.52. The number of ketones is 1. The average Bonchev–Trinajstić information content (AvgIpc) is 3.59. The van der Waals surface area contributed by atoms with Gasteiger partial charge >= 0.3 is 0 Å². The standard InChI is InChI=1S/C26H24N2O4S/c29-22-16-32-23-12-13-28(24(22)23)26(31)21(15-20-7-4-14-33-20)27-25(30)19-10-8-18(9-11-19)17-5-2-1-3-6-17/h1-11,14,21,23-24H,12-13,15-16H2,(H,27,30). The second-order valence-corrected chi connectivity index (χ2v) is 9.37. The zero-order chi connectivity index (χ0) is 22.8. The summed E-state index contributed by atoms with van der Waals surface area (Å²) in [6.45, 7) is 0.511. The van der Waals surface area contributed by atoms with Crippen LogP contribution in [0.5, 0.6) is 0 Å². The molecule has 0 radical (unpaired) electrons. The number of carbonyl (C=O) groups excluding carboxylic acids is 3. The predicted molar refractivity (Wildman–Crippen MR) is 126 cm³/mol. The van der Waals surface area contributed by atoms with Crippen molar-refractivity contribution in [3.05, 3.63) is 82.6 Å². The maximum absolute atomic E-state index is 13.5. The Balaban J connectivity index is 1.34. The molecule has 3 aromatic rings. The van der Waals surface area contributed by atoms with Crippen molar-refractivity contribution >= 4 is 28.9 Å². The largest absolute Gasteiger partial charge is 0.368 e. The lowest BCUT2D eigenvalue weighted by Gasteiger charge is -2.27. The van der Waals surface area contributed by atoms with Gasteiger partial charge in [-0.1, -0.05) is 48.5 Å². The van der Waals surface area contributed by atoms with Gasteiger partial charge in [0, 0.05) is 23.4 Å². The minimum Gasteiger partial charge on any atom is -0.368 e. The molecule has 3 unspecified atom stereocenters. The number of likely N-dealkylation sites (tertiary alicyclic amines) is 1. The number of hydrogen-bond acceptors (Lipinski definition) is 5. The highest BCUT2D eigenvalue weighted by Crippen LogP contribution is 2.28. The molecule has 0 aliphatic carbocycles. The number of ether oxygens (including phenoxy) is 1. The summed E-state index contributed by atoms with van der Waals surface area (Å²) in [6.07, 6.45) is 0.792. The fourth-order valence-corrected chi connectivity index (χ4v) is 5.31. The summed E-state index contributed by atoms with van der Waals surface area (Å²) in [4.78, 5) is 41.4. The van der Waals surface area contributed by atoms with Crippen molar-refractivity contribution in [2.24, 2.45) is 0 Å². The van der Waals surface area contributed by atoms with Crippen LogP contribution in [0, 0.1) is 0 Å². The van der Waals surface area contributed by atoms with Gasteiger partial charge in [0.25, 0.3) is 5.91 Å². The van der Waals surface area contributed by atoms with Crippen LogP contribution in [0.2, 0.25) is 0 Å². The van der Waals surface area contributed by atoms with Crippen LogP contribution >= 0.6 is 11.3 Å². The van der Waals surface area contributed by atoms with Gasteiger partial charge in [0.1, 0.15) is 18.7 Å². The monoisotopic (exact) mass is 460 g/mol. The fraction of sp³-hybridized carbons (Fsp3) is 0.269. The topological polar surface area (TPSA) is 75.7 Å². The third kappa shape index (κ3) is 4.47. The quantitative estimate of drug-likeness (QED) is 0.612. The SMILES string of the molecule is O=C(NC(Cc1cccs1)C(=O)N1CCC2OCC(=O)C21)c1ccc(-c2ccccc2)cc1. The number of fused-ring (bicyclic) bond motifs is 1. The Morgan fingerprint density at radius 1 is 1.03 bits per heavy atom. The molecule has 168 valence electrons. The Bertz CT molecular complexity index is 1140. The number of nitrogens with zero attached hydrogens (tertiary/aromatic N) is 1. The molecule has 2 fully saturated rings. The van der Waals surface area contributed by atoms with Crippen LogP contribution in [0.4, 0.5) is 0 Å². The minimum absolute atomic E-state index is 0.0504. The van der Waals surface area contributed by atoms with Gasteiger partial charge in [-0.25, -0.2) is 0 Å². The van der Waals surface area contributed by atoms with Crippen molar-refractivity contribution < 1.29 is 19.1 Å². The Morgan fingerprint density at radius 2 is 1.79 bits per heavy atom. The van der Waals surface area contributed by atoms with Gasteiger partial charge in [0.2, 0.25) is 5.91 Å². The van der Waals surface area contributed by atoms with Gasteiger partial charge in [0.05, 0.1) is 6.10 Å². The highest BCUT2D eigenvalue weighted by Gasteiger charge is 2.48. The molecule has 7 heteroatoms. The first-order valence-corrected chi connectivity index (χ1v) is 11.9. The van der Waals surface area contributed by atoms with Gasteiger partial charge in [-0.15, -0.1) is 11.3 Å². The number of hydrogen-bond donors (Lipinski definition) is 1. The average molecular weight is 461 g/mol. The van der Waals surface area contributed by atoms with E-state index in [0.29, 0.717) is 24.9 Å². The predicted octanol–water partition coefficient (Wildman–Crippen LogP) is 3.33. The highest BCUT2D eigenvalue weighted by molar-refractivity contribution is 7.09. The molecule has 5 rings (SSSR count). The van der Waals surface area contributed by atoms with Crippen molar-refractivity contribution in [3.8, 4) is 11.1 Å². The van der Waals surface area contributed by atoms with Crippen molar-refractivity contribution in [2.75, 3.05) is 13.2 Å². The Hall–Kier alpha value is -3.29. The molecule has 33 heavy (non-hydrogen) atoms. The van der Waals surface area contributed by atoms with Gasteiger partial charge in [-0.05, 0) is 41.1 Å². The molecule has 0 saturated carbocycles. The lowest BCUT2D eigenvalue weighted by atomic mass is 10.0. The summed E-state index contributed by atoms with van der Waals surface area (Å²) >= 11 is 1.54. The Morgan fingerprint density at radius 3 is 2.52 bits per heavy atom. The maximum Gasteiger partial charge on any atom is 0.251 e. The van der Waals surface area contributed by atoms with Gasteiger partial charge in [0.15, 0.2) is 5.78 Å². The number of amides is 2. The van der Waals surface area contributed by atoms with Crippen molar-refractivity contribution in [1.29, 1.82) is 0 Å². The van der Waals surface area contributed by atoms with Crippen LogP contribution in [-0.2, 0) is 20.7 Å². The molecule has 2 aromatic carbocycles. The molecule has 6 nitrogen and oxygen atoms in total. The molecule has 2 aliphatic rings. The molecule has 2 saturated heterocycles. The van der Waals surface area contributed by atoms with E-state index in [2.05, 4.69) is 5.32 Å². The molecule has 3 heterocycles. The van der Waals surface area contributed by atoms with E-state index in [0.717, 1.165) is 16.0 Å². The van der Waals surface area contributed by atoms with E-state index in [4.69, 9.17) is 4.74 Å². The second-order valence-electron chi connectivity index (χ2n) is 8.33. The summed E-state index contributed by atoms with van der Waals surface area (Å²) in [5.74, 6) is -0.609. The van der Waals surface area contributed by atoms with Gasteiger partial charge < -0.3 is 15.0 Å². The molecule has 3 atom stereocenters. The van der Waals surface area contributed by atoms with E-state index in [1.807, 2.05) is 60.0 Å². The van der Waals surface area contributed by atoms with Crippen LogP contribution < -0.4 is 5.32 Å². The summed E-state index contributed by atoms with van der Waals surface area (Å²) in [6, 6.07) is 19.9. The number of thiophene rings is 1. The molecule has 1 N–H and O–H groups in total. The minimum atomic E-state index is -0.753. The third-order valence-corrected chi connectivity index (χ3v) is 7.14. The highest BCUT2D eigenvalue weighted by atomic mass is 32.1. The molecular formula is C26H24N2O4S. The normalized spacial score (nSPS) is 20.5. The smallest absolute Gasteiger partial charge is 0.251 e. The lowest BCUT2D eigenvalue weighted by Crippen LogP contribution is -2.53. The van der Waals surface area contributed by atoms with E-state index in [-0.39, 0.29) is 30.3 Å². The lowest BCUT2D eigenvalue weighted by molar-refractivity contribution is -0.138. The first kappa shape index (κ1) is 21.6. The number of carbonyl (C=O) groups is 3. The van der Waals surface area contributed by atoms with E-state index < -0.39 is 12.1 Å². The fourth-order valence-electron chi connectivity index (χ4n) is 4.56. The number of Topliss-reactive ketones (excluding diaryl/α,β-unsaturated/α-hetero) is 1. The van der Waals surface area contributed by atoms with E-state index in [1.165, 1.54) is 11.3 Å². The first-order chi connectivity index (χ1) is 16.1. The molecule has 0 spiro atoms. The summed E-state index contributed by atoms with van der Waals surface area (Å²) in [7, 11) is 0. The van der Waals surface area contributed by atoms with E-state index in [1.54, 1.807) is 17.0 Å². The molecule has 1 aromatic heterocycles. The number of rotatable bonds is 6. The molecule has 0 bridgehead atoms. The molecule has 2 amide bonds. The van der Waals surface area contributed by atoms with Crippen LogP contribution in [-0.4, -0.2) is 53.8 Å². The summed E-state index contributed by atoms with van der Waals surface area (Å²) in [5, 5.41) is 4.87. The second kappa shape index (κ2) is 9.29. The zero-order valence-corrected chi connectivity index (χ0v) is 18.8. The van der Waals surface area contributed by atoms with Crippen LogP contribution in [0.15, 0.2) is 72.1 Å². The summed E-state index contributed by atoms with van der Waals surface area (Å²) in [5.41, 5.74) is 2.57. The molecule has 2 aliphatic heterocycles. The van der Waals surface area contributed by atoms with Crippen LogP contribution in [0.1, 0.15) is 21.7 Å². The van der Waals surface area contributed by atoms with Crippen LogP contribution in [0.3, 0.4) is 0 Å². The third-order valence-electron chi connectivity index (χ3n) is 6.24. The Labute approximate surface area is 196 Å². The van der Waals surface area contributed by atoms with E-state index in [9.17, 15) is 14.4 Å². The van der Waals surface area contributed by atoms with Crippen LogP contribution in [0.25, 0.3) is 11.1 Å². The van der Waals surface area contributed by atoms with Crippen molar-refractivity contribution in [3.63, 3.8) is 0 Å². The maximum atomic E-state index is 13.5.